The summed E-state index contributed by atoms with van der Waals surface area (Å²) in [5.41, 5.74) is 0.373. The van der Waals surface area contributed by atoms with Crippen LogP contribution in [0.3, 0.4) is 0 Å². The van der Waals surface area contributed by atoms with E-state index in [9.17, 15) is 36.3 Å². The van der Waals surface area contributed by atoms with Crippen molar-refractivity contribution in [3.8, 4) is 0 Å². The van der Waals surface area contributed by atoms with Gasteiger partial charge in [-0.15, -0.1) is 0 Å². The van der Waals surface area contributed by atoms with Gasteiger partial charge in [0, 0.05) is 48.9 Å². The molecule has 0 saturated carbocycles. The van der Waals surface area contributed by atoms with Gasteiger partial charge in [-0.2, -0.15) is 4.31 Å². The molecule has 1 fully saturated rings. The molecule has 0 radical (unpaired) electrons. The molecule has 13 nitrogen and oxygen atoms in total. The first kappa shape index (κ1) is 37.2. The third-order valence-corrected chi connectivity index (χ3v) is 11.0. The van der Waals surface area contributed by atoms with Gasteiger partial charge in [-0.25, -0.2) is 21.6 Å². The molecule has 258 valence electrons. The molecule has 0 bridgehead atoms. The van der Waals surface area contributed by atoms with Crippen LogP contribution in [-0.2, 0) is 35.9 Å². The normalized spacial score (nSPS) is 17.9. The van der Waals surface area contributed by atoms with E-state index >= 15 is 0 Å². The van der Waals surface area contributed by atoms with Gasteiger partial charge in [-0.1, -0.05) is 41.4 Å². The number of carbonyl (C=O) groups excluding carboxylic acids is 2. The van der Waals surface area contributed by atoms with E-state index in [0.29, 0.717) is 11.3 Å². The molecule has 2 heterocycles. The number of benzene rings is 2. The number of nitrogens with zero attached hydrogens (tertiary/aromatic N) is 2. The van der Waals surface area contributed by atoms with Crippen LogP contribution in [0, 0.1) is 0 Å². The lowest BCUT2D eigenvalue weighted by Gasteiger charge is -2.32. The summed E-state index contributed by atoms with van der Waals surface area (Å²) in [6.07, 6.45) is 3.60. The molecule has 2 amide bonds. The monoisotopic (exact) mass is 739 g/mol. The number of sulfonamides is 1. The third kappa shape index (κ3) is 8.89. The van der Waals surface area contributed by atoms with Gasteiger partial charge >= 0.3 is 5.97 Å². The van der Waals surface area contributed by atoms with Gasteiger partial charge in [-0.3, -0.25) is 14.6 Å². The molecule has 3 atom stereocenters. The lowest BCUT2D eigenvalue weighted by molar-refractivity contribution is -0.142. The summed E-state index contributed by atoms with van der Waals surface area (Å²) in [6.45, 7) is 5.47. The molecule has 1 saturated heterocycles. The van der Waals surface area contributed by atoms with E-state index in [1.807, 2.05) is 20.8 Å². The number of halogens is 2. The zero-order chi connectivity index (χ0) is 35.6. The van der Waals surface area contributed by atoms with E-state index in [0.717, 1.165) is 16.6 Å². The molecule has 17 heteroatoms. The number of sulfone groups is 1. The number of aromatic nitrogens is 1. The molecule has 3 aromatic rings. The first-order chi connectivity index (χ1) is 22.3. The van der Waals surface area contributed by atoms with Gasteiger partial charge in [0.1, 0.15) is 12.1 Å². The van der Waals surface area contributed by atoms with Crippen LogP contribution in [0.2, 0.25) is 10.0 Å². The molecular formula is C31H35Cl2N5O8S2. The summed E-state index contributed by atoms with van der Waals surface area (Å²) in [6, 6.07) is 7.60. The highest BCUT2D eigenvalue weighted by atomic mass is 35.5. The topological polar surface area (TPSA) is 192 Å². The second kappa shape index (κ2) is 14.5. The molecule has 4 rings (SSSR count). The fourth-order valence-corrected chi connectivity index (χ4v) is 8.26. The van der Waals surface area contributed by atoms with Crippen LogP contribution in [0.1, 0.15) is 43.1 Å². The van der Waals surface area contributed by atoms with Crippen molar-refractivity contribution in [1.29, 1.82) is 0 Å². The van der Waals surface area contributed by atoms with Crippen LogP contribution in [0.15, 0.2) is 70.7 Å². The number of hydrogen-bond acceptors (Lipinski definition) is 9. The highest BCUT2D eigenvalue weighted by molar-refractivity contribution is 7.91. The summed E-state index contributed by atoms with van der Waals surface area (Å²) < 4.78 is 52.9. The summed E-state index contributed by atoms with van der Waals surface area (Å²) in [5.74, 6) is -2.76. The van der Waals surface area contributed by atoms with E-state index in [1.165, 1.54) is 42.7 Å². The fraction of sp³-hybridized carbons (Fsp3) is 0.355. The van der Waals surface area contributed by atoms with Crippen molar-refractivity contribution in [2.75, 3.05) is 18.1 Å². The van der Waals surface area contributed by atoms with Gasteiger partial charge in [0.2, 0.25) is 15.9 Å². The number of aliphatic carboxylic acids is 1. The number of carboxylic acids is 1. The molecule has 1 aromatic heterocycles. The van der Waals surface area contributed by atoms with E-state index in [1.54, 1.807) is 12.1 Å². The predicted octanol–water partition coefficient (Wildman–Crippen LogP) is 3.38. The molecule has 2 aromatic carbocycles. The van der Waals surface area contributed by atoms with Crippen LogP contribution < -0.4 is 16.0 Å². The lowest BCUT2D eigenvalue weighted by Crippen LogP contribution is -2.59. The minimum atomic E-state index is -4.39. The maximum absolute atomic E-state index is 13.8. The third-order valence-electron chi connectivity index (χ3n) is 7.43. The van der Waals surface area contributed by atoms with Crippen molar-refractivity contribution in [3.05, 3.63) is 82.1 Å². The molecule has 1 aliphatic rings. The maximum atomic E-state index is 13.8. The number of nitrogens with one attached hydrogen (secondary N) is 3. The summed E-state index contributed by atoms with van der Waals surface area (Å²) >= 11 is 12.1. The second-order valence-electron chi connectivity index (χ2n) is 12.3. The van der Waals surface area contributed by atoms with Gasteiger partial charge in [-0.05, 0) is 63.1 Å². The van der Waals surface area contributed by atoms with E-state index < -0.39 is 61.3 Å². The molecule has 4 N–H and O–H groups in total. The Hall–Kier alpha value is -3.60. The lowest BCUT2D eigenvalue weighted by atomic mass is 10.0. The van der Waals surface area contributed by atoms with Gasteiger partial charge in [0.15, 0.2) is 9.84 Å². The average molecular weight is 741 g/mol. The maximum Gasteiger partial charge on any atom is 0.326 e. The number of pyridine rings is 1. The molecule has 1 aliphatic heterocycles. The van der Waals surface area contributed by atoms with Crippen LogP contribution in [0.25, 0.3) is 0 Å². The SMILES string of the molecule is CC(C)(C)NC1CCN(S(=O)(=O)c2cccc(S(C)(=O)=O)c2)[C@@H]1C(=O)N[C@@H](Cc1ccc(NC(=O)c2c(Cl)cncc2Cl)cc1)C(=O)O. The van der Waals surface area contributed by atoms with Gasteiger partial charge in [0.05, 0.1) is 25.4 Å². The molecule has 48 heavy (non-hydrogen) atoms. The Morgan fingerprint density at radius 3 is 2.17 bits per heavy atom. The average Bonchev–Trinajstić information content (AvgIpc) is 3.40. The van der Waals surface area contributed by atoms with Crippen molar-refractivity contribution in [1.82, 2.24) is 19.9 Å². The van der Waals surface area contributed by atoms with Crippen molar-refractivity contribution in [2.24, 2.45) is 0 Å². The second-order valence-corrected chi connectivity index (χ2v) is 17.1. The Labute approximate surface area is 289 Å². The smallest absolute Gasteiger partial charge is 0.326 e. The first-order valence-electron chi connectivity index (χ1n) is 14.6. The summed E-state index contributed by atoms with van der Waals surface area (Å²) in [7, 11) is -8.12. The van der Waals surface area contributed by atoms with Gasteiger partial charge in [0.25, 0.3) is 5.91 Å². The van der Waals surface area contributed by atoms with Crippen LogP contribution in [0.4, 0.5) is 5.69 Å². The minimum absolute atomic E-state index is 0.0383. The Morgan fingerprint density at radius 2 is 1.60 bits per heavy atom. The summed E-state index contributed by atoms with van der Waals surface area (Å²) in [5, 5.41) is 18.6. The molecular weight excluding hydrogens is 705 g/mol. The standard InChI is InChI=1S/C31H35Cl2N5O8S2/c1-31(2,3)37-24-12-13-38(48(45,46)21-7-5-6-20(15-21)47(4,43)44)27(24)29(40)36-25(30(41)42)14-18-8-10-19(11-9-18)35-28(39)26-22(32)16-34-17-23(26)33/h5-11,15-17,24-25,27,37H,12-14H2,1-4H3,(H,35,39)(H,36,40)(H,41,42)/t24?,25-,27-/m0/s1. The van der Waals surface area contributed by atoms with Crippen LogP contribution in [-0.4, -0.2) is 85.5 Å². The number of hydrogen-bond donors (Lipinski definition) is 4. The molecule has 0 spiro atoms. The molecule has 0 aliphatic carbocycles. The van der Waals surface area contributed by atoms with Crippen LogP contribution >= 0.6 is 23.2 Å². The number of anilines is 1. The van der Waals surface area contributed by atoms with E-state index in [-0.39, 0.29) is 44.8 Å². The first-order valence-corrected chi connectivity index (χ1v) is 18.7. The zero-order valence-corrected chi connectivity index (χ0v) is 29.5. The van der Waals surface area contributed by atoms with Crippen molar-refractivity contribution >= 4 is 66.5 Å². The Kier molecular flexibility index (Phi) is 11.2. The minimum Gasteiger partial charge on any atom is -0.480 e. The van der Waals surface area contributed by atoms with Crippen molar-refractivity contribution < 1.29 is 36.3 Å². The number of amides is 2. The largest absolute Gasteiger partial charge is 0.480 e. The van der Waals surface area contributed by atoms with Crippen molar-refractivity contribution in [3.63, 3.8) is 0 Å². The highest BCUT2D eigenvalue weighted by Crippen LogP contribution is 2.30. The molecule has 1 unspecified atom stereocenters. The summed E-state index contributed by atoms with van der Waals surface area (Å²) in [4.78, 5) is 42.2. The van der Waals surface area contributed by atoms with Gasteiger partial charge < -0.3 is 21.1 Å². The Morgan fingerprint density at radius 1 is 1.00 bits per heavy atom. The predicted molar refractivity (Wildman–Crippen MR) is 180 cm³/mol. The van der Waals surface area contributed by atoms with Crippen LogP contribution in [0.5, 0.6) is 0 Å². The number of carbonyl (C=O) groups is 3. The highest BCUT2D eigenvalue weighted by Gasteiger charge is 2.47. The fourth-order valence-electron chi connectivity index (χ4n) is 5.29. The van der Waals surface area contributed by atoms with E-state index in [2.05, 4.69) is 20.9 Å². The zero-order valence-electron chi connectivity index (χ0n) is 26.4. The number of carboxylic acid groups (broad SMARTS) is 1. The Bertz CT molecular complexity index is 1910. The van der Waals surface area contributed by atoms with E-state index in [4.69, 9.17) is 23.2 Å². The van der Waals surface area contributed by atoms with Crippen molar-refractivity contribution in [2.45, 2.75) is 67.1 Å². The number of rotatable bonds is 11. The Balaban J connectivity index is 1.56. The quantitative estimate of drug-likeness (QED) is 0.227.